The van der Waals surface area contributed by atoms with Gasteiger partial charge in [0.2, 0.25) is 0 Å². The van der Waals surface area contributed by atoms with Crippen molar-refractivity contribution in [3.05, 3.63) is 93.8 Å². The highest BCUT2D eigenvalue weighted by Crippen LogP contribution is 2.41. The predicted molar refractivity (Wildman–Crippen MR) is 128 cm³/mol. The summed E-state index contributed by atoms with van der Waals surface area (Å²) in [5.74, 6) is -0.798. The summed E-state index contributed by atoms with van der Waals surface area (Å²) < 4.78 is 5.18. The van der Waals surface area contributed by atoms with Crippen LogP contribution in [0.1, 0.15) is 22.0 Å². The van der Waals surface area contributed by atoms with E-state index in [-0.39, 0.29) is 11.3 Å². The van der Waals surface area contributed by atoms with Crippen molar-refractivity contribution in [2.45, 2.75) is 12.5 Å². The molecule has 1 amide bonds. The number of methoxy groups -OCH3 is 1. The van der Waals surface area contributed by atoms with Gasteiger partial charge in [-0.2, -0.15) is 0 Å². The number of carbonyl (C=O) groups is 2. The lowest BCUT2D eigenvalue weighted by Crippen LogP contribution is -2.31. The van der Waals surface area contributed by atoms with Gasteiger partial charge >= 0.3 is 0 Å². The number of benzene rings is 2. The van der Waals surface area contributed by atoms with E-state index >= 15 is 0 Å². The Bertz CT molecular complexity index is 1350. The molecule has 0 radical (unpaired) electrons. The number of hydrogen-bond donors (Lipinski definition) is 2. The van der Waals surface area contributed by atoms with Gasteiger partial charge < -0.3 is 19.7 Å². The quantitative estimate of drug-likeness (QED) is 0.245. The first kappa shape index (κ1) is 21.0. The summed E-state index contributed by atoms with van der Waals surface area (Å²) >= 11 is 1.46. The number of likely N-dealkylation sites (tertiary alicyclic amines) is 1. The summed E-state index contributed by atoms with van der Waals surface area (Å²) in [7, 11) is 1.56. The number of Topliss-reactive ketones (excluding diaryl/α,β-unsaturated/α-hetero) is 1. The Labute approximate surface area is 194 Å². The molecule has 0 unspecified atom stereocenters. The van der Waals surface area contributed by atoms with Crippen molar-refractivity contribution >= 4 is 39.7 Å². The smallest absolute Gasteiger partial charge is 0.295 e. The van der Waals surface area contributed by atoms with E-state index in [1.165, 1.54) is 11.3 Å². The number of ether oxygens (including phenoxy) is 1. The second-order valence-corrected chi connectivity index (χ2v) is 8.83. The summed E-state index contributed by atoms with van der Waals surface area (Å²) in [6, 6.07) is 17.9. The largest absolute Gasteiger partial charge is 0.507 e. The Balaban J connectivity index is 1.52. The van der Waals surface area contributed by atoms with Gasteiger partial charge in [-0.15, -0.1) is 11.3 Å². The molecule has 2 aromatic carbocycles. The third-order valence-corrected chi connectivity index (χ3v) is 6.94. The molecule has 2 N–H and O–H groups in total. The maximum Gasteiger partial charge on any atom is 0.295 e. The van der Waals surface area contributed by atoms with Gasteiger partial charge in [-0.3, -0.25) is 9.59 Å². The van der Waals surface area contributed by atoms with Crippen molar-refractivity contribution in [2.75, 3.05) is 13.7 Å². The standard InChI is InChI=1S/C26H22N2O4S/c1-32-18-10-8-16(9-11-18)24(29)22-23(21-7-4-14-33-21)28(26(31)25(22)30)13-12-17-15-27-20-6-3-2-5-19(17)20/h2-11,14-15,23,27,29H,12-13H2,1H3/t23-/m1/s1. The molecule has 0 saturated carbocycles. The Morgan fingerprint density at radius 3 is 2.61 bits per heavy atom. The number of ketones is 1. The topological polar surface area (TPSA) is 82.6 Å². The highest BCUT2D eigenvalue weighted by molar-refractivity contribution is 7.10. The van der Waals surface area contributed by atoms with Gasteiger partial charge in [0, 0.05) is 34.1 Å². The zero-order chi connectivity index (χ0) is 22.9. The van der Waals surface area contributed by atoms with Crippen LogP contribution in [-0.2, 0) is 16.0 Å². The van der Waals surface area contributed by atoms with Crippen LogP contribution in [0.5, 0.6) is 5.75 Å². The molecule has 0 bridgehead atoms. The first-order chi connectivity index (χ1) is 16.1. The summed E-state index contributed by atoms with van der Waals surface area (Å²) in [5, 5.41) is 14.1. The van der Waals surface area contributed by atoms with Crippen LogP contribution in [0.4, 0.5) is 0 Å². The van der Waals surface area contributed by atoms with Crippen LogP contribution in [0.3, 0.4) is 0 Å². The molecule has 1 aliphatic heterocycles. The van der Waals surface area contributed by atoms with Gasteiger partial charge in [-0.05, 0) is 53.8 Å². The van der Waals surface area contributed by atoms with Crippen LogP contribution >= 0.6 is 11.3 Å². The van der Waals surface area contributed by atoms with Crippen molar-refractivity contribution in [3.8, 4) is 5.75 Å². The zero-order valence-electron chi connectivity index (χ0n) is 17.9. The second-order valence-electron chi connectivity index (χ2n) is 7.85. The molecule has 2 aromatic heterocycles. The molecule has 4 aromatic rings. The van der Waals surface area contributed by atoms with Crippen molar-refractivity contribution < 1.29 is 19.4 Å². The van der Waals surface area contributed by atoms with Gasteiger partial charge in [-0.25, -0.2) is 0 Å². The zero-order valence-corrected chi connectivity index (χ0v) is 18.8. The number of aromatic amines is 1. The number of aliphatic hydroxyl groups is 1. The number of carbonyl (C=O) groups excluding carboxylic acids is 2. The number of hydrogen-bond acceptors (Lipinski definition) is 5. The maximum atomic E-state index is 13.1. The SMILES string of the molecule is COc1ccc(C(O)=C2C(=O)C(=O)N(CCc3c[nH]c4ccccc34)[C@@H]2c2cccs2)cc1. The Morgan fingerprint density at radius 2 is 1.88 bits per heavy atom. The van der Waals surface area contributed by atoms with E-state index < -0.39 is 17.7 Å². The van der Waals surface area contributed by atoms with E-state index in [0.717, 1.165) is 21.3 Å². The third-order valence-electron chi connectivity index (χ3n) is 6.01. The van der Waals surface area contributed by atoms with E-state index in [2.05, 4.69) is 4.98 Å². The lowest BCUT2D eigenvalue weighted by Gasteiger charge is -2.24. The van der Waals surface area contributed by atoms with Crippen molar-refractivity contribution in [1.29, 1.82) is 0 Å². The van der Waals surface area contributed by atoms with Crippen molar-refractivity contribution in [3.63, 3.8) is 0 Å². The van der Waals surface area contributed by atoms with Gasteiger partial charge in [-0.1, -0.05) is 24.3 Å². The Kier molecular flexibility index (Phi) is 5.48. The molecule has 33 heavy (non-hydrogen) atoms. The molecule has 5 rings (SSSR count). The number of para-hydroxylation sites is 1. The minimum atomic E-state index is -0.666. The normalized spacial score (nSPS) is 17.7. The summed E-state index contributed by atoms with van der Waals surface area (Å²) in [6.45, 7) is 0.356. The first-order valence-corrected chi connectivity index (χ1v) is 11.5. The van der Waals surface area contributed by atoms with Crippen LogP contribution < -0.4 is 4.74 Å². The van der Waals surface area contributed by atoms with Gasteiger partial charge in [0.1, 0.15) is 11.5 Å². The maximum absolute atomic E-state index is 13.1. The number of aliphatic hydroxyl groups excluding tert-OH is 1. The average molecular weight is 459 g/mol. The number of rotatable bonds is 6. The van der Waals surface area contributed by atoms with Crippen LogP contribution in [0.2, 0.25) is 0 Å². The monoisotopic (exact) mass is 458 g/mol. The lowest BCUT2D eigenvalue weighted by molar-refractivity contribution is -0.139. The summed E-state index contributed by atoms with van der Waals surface area (Å²) in [6.07, 6.45) is 2.53. The summed E-state index contributed by atoms with van der Waals surface area (Å²) in [5.41, 5.74) is 2.69. The summed E-state index contributed by atoms with van der Waals surface area (Å²) in [4.78, 5) is 31.8. The number of H-pyrrole nitrogens is 1. The molecule has 1 aliphatic rings. The minimum absolute atomic E-state index is 0.117. The molecule has 166 valence electrons. The van der Waals surface area contributed by atoms with Gasteiger partial charge in [0.05, 0.1) is 18.7 Å². The van der Waals surface area contributed by atoms with Crippen molar-refractivity contribution in [2.24, 2.45) is 0 Å². The van der Waals surface area contributed by atoms with Crippen LogP contribution in [-0.4, -0.2) is 40.3 Å². The van der Waals surface area contributed by atoms with E-state index in [1.54, 1.807) is 36.3 Å². The fraction of sp³-hybridized carbons (Fsp3) is 0.154. The van der Waals surface area contributed by atoms with Gasteiger partial charge in [0.15, 0.2) is 0 Å². The van der Waals surface area contributed by atoms with Gasteiger partial charge in [0.25, 0.3) is 11.7 Å². The molecule has 1 atom stereocenters. The van der Waals surface area contributed by atoms with Crippen LogP contribution in [0.25, 0.3) is 16.7 Å². The first-order valence-electron chi connectivity index (χ1n) is 10.6. The highest BCUT2D eigenvalue weighted by Gasteiger charge is 2.46. The number of fused-ring (bicyclic) bond motifs is 1. The molecule has 3 heterocycles. The Hall–Kier alpha value is -3.84. The molecule has 7 heteroatoms. The van der Waals surface area contributed by atoms with Crippen LogP contribution in [0.15, 0.2) is 77.8 Å². The number of aromatic nitrogens is 1. The second kappa shape index (κ2) is 8.60. The van der Waals surface area contributed by atoms with Crippen molar-refractivity contribution in [1.82, 2.24) is 9.88 Å². The van der Waals surface area contributed by atoms with E-state index in [0.29, 0.717) is 24.3 Å². The number of nitrogens with one attached hydrogen (secondary N) is 1. The Morgan fingerprint density at radius 1 is 1.09 bits per heavy atom. The number of thiophene rings is 1. The fourth-order valence-electron chi connectivity index (χ4n) is 4.34. The number of nitrogens with zero attached hydrogens (tertiary/aromatic N) is 1. The molecule has 0 aliphatic carbocycles. The minimum Gasteiger partial charge on any atom is -0.507 e. The molecule has 6 nitrogen and oxygen atoms in total. The predicted octanol–water partition coefficient (Wildman–Crippen LogP) is 4.90. The lowest BCUT2D eigenvalue weighted by atomic mass is 9.99. The van der Waals surface area contributed by atoms with E-state index in [1.807, 2.05) is 48.0 Å². The molecular weight excluding hydrogens is 436 g/mol. The molecule has 1 saturated heterocycles. The molecule has 1 fully saturated rings. The fourth-order valence-corrected chi connectivity index (χ4v) is 5.18. The number of amides is 1. The third kappa shape index (κ3) is 3.70. The molecule has 0 spiro atoms. The van der Waals surface area contributed by atoms with E-state index in [9.17, 15) is 14.7 Å². The highest BCUT2D eigenvalue weighted by atomic mass is 32.1. The molecular formula is C26H22N2O4S. The van der Waals surface area contributed by atoms with E-state index in [4.69, 9.17) is 4.74 Å². The average Bonchev–Trinajstić information content (AvgIpc) is 3.57. The van der Waals surface area contributed by atoms with Crippen LogP contribution in [0, 0.1) is 0 Å².